The van der Waals surface area contributed by atoms with E-state index in [0.717, 1.165) is 11.1 Å². The smallest absolute Gasteiger partial charge is 0.262 e. The highest BCUT2D eigenvalue weighted by Crippen LogP contribution is 2.42. The summed E-state index contributed by atoms with van der Waals surface area (Å²) in [6.45, 7) is 1.98. The van der Waals surface area contributed by atoms with Crippen LogP contribution in [0.4, 0.5) is 5.69 Å². The Bertz CT molecular complexity index is 979. The molecule has 2 aromatic rings. The van der Waals surface area contributed by atoms with E-state index in [1.165, 1.54) is 16.7 Å². The second kappa shape index (κ2) is 7.87. The van der Waals surface area contributed by atoms with E-state index in [2.05, 4.69) is 0 Å². The molecule has 0 aromatic heterocycles. The van der Waals surface area contributed by atoms with Crippen LogP contribution in [0.15, 0.2) is 59.1 Å². The lowest BCUT2D eigenvalue weighted by atomic mass is 10.0. The third kappa shape index (κ3) is 3.85. The number of primary amides is 1. The summed E-state index contributed by atoms with van der Waals surface area (Å²) < 4.78 is 0. The van der Waals surface area contributed by atoms with Crippen LogP contribution in [0.25, 0.3) is 0 Å². The Kier molecular flexibility index (Phi) is 5.54. The highest BCUT2D eigenvalue weighted by molar-refractivity contribution is 8.05. The van der Waals surface area contributed by atoms with Crippen molar-refractivity contribution in [3.63, 3.8) is 0 Å². The van der Waals surface area contributed by atoms with Crippen molar-refractivity contribution in [3.05, 3.63) is 75.3 Å². The zero-order chi connectivity index (χ0) is 19.6. The van der Waals surface area contributed by atoms with Crippen LogP contribution < -0.4 is 10.6 Å². The van der Waals surface area contributed by atoms with E-state index in [-0.39, 0.29) is 16.5 Å². The van der Waals surface area contributed by atoms with Gasteiger partial charge in [0.05, 0.1) is 5.25 Å². The molecule has 0 bridgehead atoms. The average molecular weight is 398 g/mol. The lowest BCUT2D eigenvalue weighted by Gasteiger charge is -2.18. The Morgan fingerprint density at radius 3 is 2.52 bits per heavy atom. The number of carbonyl (C=O) groups is 2. The molecule has 27 heavy (non-hydrogen) atoms. The summed E-state index contributed by atoms with van der Waals surface area (Å²) in [7, 11) is 0. The molecule has 2 N–H and O–H groups in total. The van der Waals surface area contributed by atoms with Gasteiger partial charge in [-0.25, -0.2) is 0 Å². The Hall–Kier alpha value is -2.75. The molecular formula is C20H16ClN3O2S. The molecule has 1 saturated heterocycles. The third-order valence-electron chi connectivity index (χ3n) is 4.28. The van der Waals surface area contributed by atoms with Gasteiger partial charge in [0.25, 0.3) is 5.91 Å². The van der Waals surface area contributed by atoms with E-state index in [1.54, 1.807) is 24.3 Å². The van der Waals surface area contributed by atoms with Gasteiger partial charge >= 0.3 is 0 Å². The first-order valence-corrected chi connectivity index (χ1v) is 9.43. The van der Waals surface area contributed by atoms with Crippen LogP contribution in [-0.4, -0.2) is 17.1 Å². The number of nitrogens with zero attached hydrogens (tertiary/aromatic N) is 2. The topological polar surface area (TPSA) is 87.2 Å². The molecule has 0 spiro atoms. The fraction of sp³-hybridized carbons (Fsp3) is 0.150. The van der Waals surface area contributed by atoms with Crippen LogP contribution >= 0.6 is 23.4 Å². The summed E-state index contributed by atoms with van der Waals surface area (Å²) in [4.78, 5) is 26.3. The van der Waals surface area contributed by atoms with Gasteiger partial charge in [0.1, 0.15) is 16.7 Å². The summed E-state index contributed by atoms with van der Waals surface area (Å²) in [5.41, 5.74) is 7.80. The minimum absolute atomic E-state index is 0.199. The zero-order valence-corrected chi connectivity index (χ0v) is 16.1. The first-order valence-electron chi connectivity index (χ1n) is 8.17. The molecule has 5 nitrogen and oxygen atoms in total. The first-order chi connectivity index (χ1) is 12.9. The number of halogens is 1. The van der Waals surface area contributed by atoms with Crippen LogP contribution in [0.1, 0.15) is 11.1 Å². The number of thioether (sulfide) groups is 1. The fourth-order valence-electron chi connectivity index (χ4n) is 2.86. The van der Waals surface area contributed by atoms with Crippen LogP contribution in [-0.2, 0) is 16.0 Å². The average Bonchev–Trinajstić information content (AvgIpc) is 2.94. The van der Waals surface area contributed by atoms with Gasteiger partial charge in [0.2, 0.25) is 5.91 Å². The monoisotopic (exact) mass is 397 g/mol. The number of aryl methyl sites for hydroxylation is 1. The van der Waals surface area contributed by atoms with Crippen LogP contribution in [0, 0.1) is 18.3 Å². The maximum atomic E-state index is 13.1. The second-order valence-corrected chi connectivity index (χ2v) is 7.67. The van der Waals surface area contributed by atoms with E-state index in [4.69, 9.17) is 17.3 Å². The van der Waals surface area contributed by atoms with Gasteiger partial charge in [0, 0.05) is 10.7 Å². The molecule has 2 aromatic carbocycles. The van der Waals surface area contributed by atoms with Gasteiger partial charge < -0.3 is 5.73 Å². The van der Waals surface area contributed by atoms with Crippen molar-refractivity contribution in [3.8, 4) is 6.07 Å². The Balaban J connectivity index is 2.05. The minimum Gasteiger partial charge on any atom is -0.365 e. The SMILES string of the molecule is Cc1ccccc1CC1SC(=C(C#N)C(N)=O)N(c2ccc(Cl)cc2)C1=O. The number of rotatable bonds is 4. The summed E-state index contributed by atoms with van der Waals surface area (Å²) in [6.07, 6.45) is 0.487. The van der Waals surface area contributed by atoms with E-state index in [9.17, 15) is 14.9 Å². The summed E-state index contributed by atoms with van der Waals surface area (Å²) in [5, 5.41) is 9.72. The molecule has 1 heterocycles. The Morgan fingerprint density at radius 1 is 1.26 bits per heavy atom. The predicted octanol–water partition coefficient (Wildman–Crippen LogP) is 3.56. The van der Waals surface area contributed by atoms with Gasteiger partial charge in [-0.3, -0.25) is 14.5 Å². The van der Waals surface area contributed by atoms with Gasteiger partial charge in [-0.2, -0.15) is 5.26 Å². The number of nitrogens with two attached hydrogens (primary N) is 1. The molecule has 3 rings (SSSR count). The lowest BCUT2D eigenvalue weighted by molar-refractivity contribution is -0.117. The Labute approximate surface area is 166 Å². The van der Waals surface area contributed by atoms with Gasteiger partial charge in [-0.15, -0.1) is 0 Å². The number of hydrogen-bond donors (Lipinski definition) is 1. The molecule has 0 aliphatic carbocycles. The number of benzene rings is 2. The molecule has 2 amide bonds. The molecule has 1 aliphatic heterocycles. The maximum Gasteiger partial charge on any atom is 0.262 e. The number of amides is 2. The van der Waals surface area contributed by atoms with Crippen molar-refractivity contribution in [2.75, 3.05) is 4.90 Å². The van der Waals surface area contributed by atoms with E-state index in [1.807, 2.05) is 37.3 Å². The molecule has 1 unspecified atom stereocenters. The van der Waals surface area contributed by atoms with Crippen molar-refractivity contribution in [1.29, 1.82) is 5.26 Å². The molecule has 136 valence electrons. The van der Waals surface area contributed by atoms with Crippen molar-refractivity contribution in [2.45, 2.75) is 18.6 Å². The molecule has 1 fully saturated rings. The van der Waals surface area contributed by atoms with Crippen molar-refractivity contribution in [2.24, 2.45) is 5.73 Å². The van der Waals surface area contributed by atoms with Crippen molar-refractivity contribution >= 4 is 40.9 Å². The quantitative estimate of drug-likeness (QED) is 0.631. The van der Waals surface area contributed by atoms with Crippen LogP contribution in [0.2, 0.25) is 5.02 Å². The van der Waals surface area contributed by atoms with Crippen molar-refractivity contribution < 1.29 is 9.59 Å². The van der Waals surface area contributed by atoms with Gasteiger partial charge in [-0.1, -0.05) is 47.6 Å². The highest BCUT2D eigenvalue weighted by Gasteiger charge is 2.40. The number of hydrogen-bond acceptors (Lipinski definition) is 4. The highest BCUT2D eigenvalue weighted by atomic mass is 35.5. The standard InChI is InChI=1S/C20H16ClN3O2S/c1-12-4-2-3-5-13(12)10-17-19(26)24(15-8-6-14(21)7-9-15)20(27-17)16(11-22)18(23)25/h2-9,17H,10H2,1H3,(H2,23,25). The van der Waals surface area contributed by atoms with E-state index >= 15 is 0 Å². The van der Waals surface area contributed by atoms with Crippen LogP contribution in [0.3, 0.4) is 0 Å². The normalized spacial score (nSPS) is 18.3. The summed E-state index contributed by atoms with van der Waals surface area (Å²) in [6, 6.07) is 16.3. The number of carbonyl (C=O) groups excluding carboxylic acids is 2. The van der Waals surface area contributed by atoms with Crippen molar-refractivity contribution in [1.82, 2.24) is 0 Å². The zero-order valence-electron chi connectivity index (χ0n) is 14.5. The largest absolute Gasteiger partial charge is 0.365 e. The second-order valence-electron chi connectivity index (χ2n) is 6.04. The fourth-order valence-corrected chi connectivity index (χ4v) is 4.29. The maximum absolute atomic E-state index is 13.1. The Morgan fingerprint density at radius 2 is 1.93 bits per heavy atom. The minimum atomic E-state index is -0.858. The third-order valence-corrected chi connectivity index (χ3v) is 5.79. The van der Waals surface area contributed by atoms with Crippen LogP contribution in [0.5, 0.6) is 0 Å². The molecule has 1 aliphatic rings. The number of anilines is 1. The van der Waals surface area contributed by atoms with Gasteiger partial charge in [0.15, 0.2) is 0 Å². The molecule has 0 saturated carbocycles. The molecule has 1 atom stereocenters. The molecule has 0 radical (unpaired) electrons. The van der Waals surface area contributed by atoms with E-state index < -0.39 is 11.2 Å². The lowest BCUT2D eigenvalue weighted by Crippen LogP contribution is -2.31. The van der Waals surface area contributed by atoms with Gasteiger partial charge in [-0.05, 0) is 48.7 Å². The van der Waals surface area contributed by atoms with E-state index in [0.29, 0.717) is 17.1 Å². The molecular weight excluding hydrogens is 382 g/mol. The predicted molar refractivity (Wildman–Crippen MR) is 107 cm³/mol. The summed E-state index contributed by atoms with van der Waals surface area (Å²) in [5.74, 6) is -1.06. The summed E-state index contributed by atoms with van der Waals surface area (Å²) >= 11 is 7.13. The number of nitriles is 1. The first kappa shape index (κ1) is 19.0. The molecule has 7 heteroatoms.